The Morgan fingerprint density at radius 1 is 1.22 bits per heavy atom. The van der Waals surface area contributed by atoms with Gasteiger partial charge in [-0.05, 0) is 28.8 Å². The summed E-state index contributed by atoms with van der Waals surface area (Å²) in [5.41, 5.74) is 7.34. The molecule has 2 aromatic rings. The largest absolute Gasteiger partial charge is 0.368 e. The standard InChI is InChI=1S/C19H16ClF2N3O2/c20-13-4-1-10(2-5-13)16(25-9-15(17(23)26)24-18(25)27)11-3-6-14-12(7-11)8-19(14,21)22/h1-7,15-16H,8-9H2,(H2,23,26)(H,24,27)/t15?,16-/m0/s1. The van der Waals surface area contributed by atoms with E-state index in [1.165, 1.54) is 11.0 Å². The van der Waals surface area contributed by atoms with Crippen molar-refractivity contribution in [2.75, 3.05) is 6.54 Å². The van der Waals surface area contributed by atoms with Crippen LogP contribution in [0.25, 0.3) is 0 Å². The van der Waals surface area contributed by atoms with Crippen LogP contribution in [-0.4, -0.2) is 29.4 Å². The third-order valence-corrected chi connectivity index (χ3v) is 5.28. The number of urea groups is 1. The summed E-state index contributed by atoms with van der Waals surface area (Å²) in [7, 11) is 0. The second-order valence-corrected chi connectivity index (χ2v) is 7.25. The van der Waals surface area contributed by atoms with E-state index in [-0.39, 0.29) is 18.5 Å². The van der Waals surface area contributed by atoms with Gasteiger partial charge in [0.25, 0.3) is 5.92 Å². The van der Waals surface area contributed by atoms with Crippen LogP contribution in [0.1, 0.15) is 28.3 Å². The number of rotatable bonds is 4. The second kappa shape index (κ2) is 6.20. The minimum absolute atomic E-state index is 0.0157. The number of nitrogens with zero attached hydrogens (tertiary/aromatic N) is 1. The molecular weight excluding hydrogens is 376 g/mol. The van der Waals surface area contributed by atoms with Crippen LogP contribution in [0.15, 0.2) is 42.5 Å². The van der Waals surface area contributed by atoms with Gasteiger partial charge in [0.1, 0.15) is 6.04 Å². The van der Waals surface area contributed by atoms with Gasteiger partial charge in [0.15, 0.2) is 0 Å². The number of nitrogens with one attached hydrogen (secondary N) is 1. The van der Waals surface area contributed by atoms with E-state index in [0.717, 1.165) is 5.56 Å². The summed E-state index contributed by atoms with van der Waals surface area (Å²) in [6, 6.07) is 9.82. The monoisotopic (exact) mass is 391 g/mol. The number of carbonyl (C=O) groups is 2. The molecule has 1 fully saturated rings. The highest BCUT2D eigenvalue weighted by Gasteiger charge is 2.44. The maximum atomic E-state index is 13.6. The Labute approximate surface area is 159 Å². The van der Waals surface area contributed by atoms with Crippen molar-refractivity contribution in [1.82, 2.24) is 10.2 Å². The zero-order valence-corrected chi connectivity index (χ0v) is 14.8. The van der Waals surface area contributed by atoms with E-state index < -0.39 is 29.9 Å². The summed E-state index contributed by atoms with van der Waals surface area (Å²) in [6.07, 6.45) is -0.320. The number of halogens is 3. The van der Waals surface area contributed by atoms with Gasteiger partial charge in [-0.3, -0.25) is 4.79 Å². The lowest BCUT2D eigenvalue weighted by Gasteiger charge is -2.33. The topological polar surface area (TPSA) is 75.4 Å². The van der Waals surface area contributed by atoms with Crippen LogP contribution in [0.5, 0.6) is 0 Å². The van der Waals surface area contributed by atoms with Gasteiger partial charge in [0, 0.05) is 17.0 Å². The lowest BCUT2D eigenvalue weighted by Crippen LogP contribution is -2.39. The van der Waals surface area contributed by atoms with Crippen LogP contribution < -0.4 is 11.1 Å². The lowest BCUT2D eigenvalue weighted by atomic mass is 9.81. The third-order valence-electron chi connectivity index (χ3n) is 5.03. The predicted octanol–water partition coefficient (Wildman–Crippen LogP) is 2.96. The summed E-state index contributed by atoms with van der Waals surface area (Å²) in [6.45, 7) is 0.0920. The molecule has 1 heterocycles. The number of fused-ring (bicyclic) bond motifs is 1. The highest BCUT2D eigenvalue weighted by atomic mass is 35.5. The van der Waals surface area contributed by atoms with Crippen LogP contribution in [0.3, 0.4) is 0 Å². The van der Waals surface area contributed by atoms with Crippen molar-refractivity contribution < 1.29 is 18.4 Å². The predicted molar refractivity (Wildman–Crippen MR) is 95.6 cm³/mol. The van der Waals surface area contributed by atoms with E-state index in [4.69, 9.17) is 17.3 Å². The van der Waals surface area contributed by atoms with Gasteiger partial charge in [0.05, 0.1) is 12.6 Å². The van der Waals surface area contributed by atoms with Gasteiger partial charge < -0.3 is 16.0 Å². The lowest BCUT2D eigenvalue weighted by molar-refractivity contribution is -0.119. The number of alkyl halides is 2. The molecule has 140 valence electrons. The van der Waals surface area contributed by atoms with Crippen molar-refractivity contribution in [3.63, 3.8) is 0 Å². The number of hydrogen-bond donors (Lipinski definition) is 2. The van der Waals surface area contributed by atoms with E-state index in [9.17, 15) is 18.4 Å². The Kier molecular flexibility index (Phi) is 4.07. The van der Waals surface area contributed by atoms with E-state index in [2.05, 4.69) is 5.32 Å². The molecule has 3 amide bonds. The maximum absolute atomic E-state index is 13.6. The number of carbonyl (C=O) groups excluding carboxylic acids is 2. The van der Waals surface area contributed by atoms with Crippen molar-refractivity contribution in [3.8, 4) is 0 Å². The first-order valence-electron chi connectivity index (χ1n) is 8.39. The molecule has 0 bridgehead atoms. The molecule has 2 aliphatic rings. The zero-order valence-electron chi connectivity index (χ0n) is 14.1. The van der Waals surface area contributed by atoms with Crippen LogP contribution >= 0.6 is 11.6 Å². The molecule has 2 aromatic carbocycles. The zero-order chi connectivity index (χ0) is 19.3. The van der Waals surface area contributed by atoms with Crippen LogP contribution in [0.4, 0.5) is 13.6 Å². The average Bonchev–Trinajstić information content (AvgIpc) is 2.98. The summed E-state index contributed by atoms with van der Waals surface area (Å²) >= 11 is 5.96. The minimum atomic E-state index is -2.80. The summed E-state index contributed by atoms with van der Waals surface area (Å²) in [5.74, 6) is -3.43. The fraction of sp³-hybridized carbons (Fsp3) is 0.263. The molecule has 3 N–H and O–H groups in total. The average molecular weight is 392 g/mol. The molecule has 1 unspecified atom stereocenters. The molecule has 1 aliphatic carbocycles. The number of amides is 3. The number of hydrogen-bond acceptors (Lipinski definition) is 2. The molecule has 1 saturated heterocycles. The Balaban J connectivity index is 1.75. The van der Waals surface area contributed by atoms with E-state index >= 15 is 0 Å². The second-order valence-electron chi connectivity index (χ2n) is 6.81. The fourth-order valence-electron chi connectivity index (χ4n) is 3.65. The van der Waals surface area contributed by atoms with Gasteiger partial charge in [0.2, 0.25) is 5.91 Å². The third kappa shape index (κ3) is 3.02. The van der Waals surface area contributed by atoms with Crippen LogP contribution in [0.2, 0.25) is 5.02 Å². The Morgan fingerprint density at radius 2 is 1.89 bits per heavy atom. The number of nitrogens with two attached hydrogens (primary N) is 1. The smallest absolute Gasteiger partial charge is 0.318 e. The van der Waals surface area contributed by atoms with Crippen LogP contribution in [0, 0.1) is 0 Å². The minimum Gasteiger partial charge on any atom is -0.368 e. The summed E-state index contributed by atoms with van der Waals surface area (Å²) in [4.78, 5) is 25.4. The van der Waals surface area contributed by atoms with Crippen molar-refractivity contribution in [3.05, 3.63) is 69.7 Å². The van der Waals surface area contributed by atoms with Crippen molar-refractivity contribution in [1.29, 1.82) is 0 Å². The molecule has 0 saturated carbocycles. The highest BCUT2D eigenvalue weighted by molar-refractivity contribution is 6.30. The molecular formula is C19H16ClF2N3O2. The first-order valence-corrected chi connectivity index (χ1v) is 8.77. The Bertz CT molecular complexity index is 933. The van der Waals surface area contributed by atoms with Gasteiger partial charge >= 0.3 is 6.03 Å². The summed E-state index contributed by atoms with van der Waals surface area (Å²) in [5, 5.41) is 3.09. The SMILES string of the molecule is NC(=O)C1CN([C@@H](c2ccc(Cl)cc2)c2ccc3c(c2)CC3(F)F)C(=O)N1. The summed E-state index contributed by atoms with van der Waals surface area (Å²) < 4.78 is 27.2. The highest BCUT2D eigenvalue weighted by Crippen LogP contribution is 2.45. The molecule has 4 rings (SSSR count). The van der Waals surface area contributed by atoms with Crippen molar-refractivity contribution >= 4 is 23.5 Å². The van der Waals surface area contributed by atoms with E-state index in [0.29, 0.717) is 16.1 Å². The van der Waals surface area contributed by atoms with Gasteiger partial charge in [-0.15, -0.1) is 0 Å². The maximum Gasteiger partial charge on any atom is 0.318 e. The Hall–Kier alpha value is -2.67. The number of benzene rings is 2. The van der Waals surface area contributed by atoms with Gasteiger partial charge in [-0.25, -0.2) is 13.6 Å². The van der Waals surface area contributed by atoms with E-state index in [1.54, 1.807) is 36.4 Å². The van der Waals surface area contributed by atoms with E-state index in [1.807, 2.05) is 0 Å². The van der Waals surface area contributed by atoms with Crippen molar-refractivity contribution in [2.24, 2.45) is 5.73 Å². The first-order chi connectivity index (χ1) is 12.8. The quantitative estimate of drug-likeness (QED) is 0.840. The van der Waals surface area contributed by atoms with Gasteiger partial charge in [-0.2, -0.15) is 0 Å². The molecule has 27 heavy (non-hydrogen) atoms. The fourth-order valence-corrected chi connectivity index (χ4v) is 3.78. The molecule has 2 atom stereocenters. The Morgan fingerprint density at radius 3 is 2.44 bits per heavy atom. The first kappa shape index (κ1) is 17.7. The number of primary amides is 1. The van der Waals surface area contributed by atoms with Crippen molar-refractivity contribution in [2.45, 2.75) is 24.4 Å². The normalized spacial score (nSPS) is 21.2. The molecule has 0 spiro atoms. The van der Waals surface area contributed by atoms with Crippen LogP contribution in [-0.2, 0) is 17.1 Å². The van der Waals surface area contributed by atoms with Gasteiger partial charge in [-0.1, -0.05) is 41.9 Å². The molecule has 8 heteroatoms. The molecule has 1 aliphatic heterocycles. The molecule has 0 aromatic heterocycles. The molecule has 0 radical (unpaired) electrons. The molecule has 5 nitrogen and oxygen atoms in total.